The van der Waals surface area contributed by atoms with Crippen LogP contribution in [-0.4, -0.2) is 17.4 Å². The van der Waals surface area contributed by atoms with Crippen molar-refractivity contribution >= 4 is 15.9 Å². The normalized spacial score (nSPS) is 10.8. The third-order valence-corrected chi connectivity index (χ3v) is 3.72. The maximum absolute atomic E-state index is 9.76. The highest BCUT2D eigenvalue weighted by Crippen LogP contribution is 2.35. The second kappa shape index (κ2) is 6.28. The van der Waals surface area contributed by atoms with Crippen molar-refractivity contribution in [3.05, 3.63) is 39.2 Å². The molecule has 0 aliphatic heterocycles. The molecule has 0 radical (unpaired) electrons. The maximum Gasteiger partial charge on any atom is 0.172 e. The molecule has 2 aromatic rings. The van der Waals surface area contributed by atoms with Crippen LogP contribution in [0.4, 0.5) is 0 Å². The number of halogens is 1. The van der Waals surface area contributed by atoms with Gasteiger partial charge in [0.05, 0.1) is 17.3 Å². The van der Waals surface area contributed by atoms with Crippen LogP contribution >= 0.6 is 15.9 Å². The largest absolute Gasteiger partial charge is 0.503 e. The van der Waals surface area contributed by atoms with Crippen molar-refractivity contribution in [2.24, 2.45) is 0 Å². The Kier molecular flexibility index (Phi) is 4.67. The molecule has 2 rings (SSSR count). The van der Waals surface area contributed by atoms with E-state index in [2.05, 4.69) is 26.4 Å². The fourth-order valence-electron chi connectivity index (χ4n) is 1.97. The summed E-state index contributed by atoms with van der Waals surface area (Å²) >= 11 is 3.31. The highest BCUT2D eigenvalue weighted by Gasteiger charge is 2.10. The summed E-state index contributed by atoms with van der Waals surface area (Å²) in [6.45, 7) is 5.16. The third-order valence-electron chi connectivity index (χ3n) is 3.12. The van der Waals surface area contributed by atoms with E-state index in [1.54, 1.807) is 6.07 Å². The van der Waals surface area contributed by atoms with Gasteiger partial charge >= 0.3 is 0 Å². The summed E-state index contributed by atoms with van der Waals surface area (Å²) in [6.07, 6.45) is 0. The van der Waals surface area contributed by atoms with Gasteiger partial charge in [-0.25, -0.2) is 0 Å². The fourth-order valence-corrected chi connectivity index (χ4v) is 2.46. The predicted octanol–water partition coefficient (Wildman–Crippen LogP) is 3.06. The Morgan fingerprint density at radius 3 is 2.70 bits per heavy atom. The average Bonchev–Trinajstić information content (AvgIpc) is 2.74. The number of phenolic OH excluding ortho intramolecular Hbond substituents is 1. The Balaban J connectivity index is 2.03. The van der Waals surface area contributed by atoms with Gasteiger partial charge in [0.15, 0.2) is 11.5 Å². The van der Waals surface area contributed by atoms with Gasteiger partial charge in [0, 0.05) is 18.7 Å². The van der Waals surface area contributed by atoms with Gasteiger partial charge in [-0.1, -0.05) is 5.16 Å². The fraction of sp³-hybridized carbons (Fsp3) is 0.357. The quantitative estimate of drug-likeness (QED) is 0.875. The Bertz CT molecular complexity index is 591. The number of phenols is 1. The number of nitrogens with zero attached hydrogens (tertiary/aromatic N) is 1. The minimum absolute atomic E-state index is 0.113. The summed E-state index contributed by atoms with van der Waals surface area (Å²) in [5.74, 6) is 1.40. The number of aromatic hydroxyl groups is 1. The van der Waals surface area contributed by atoms with Crippen LogP contribution in [0.3, 0.4) is 0 Å². The highest BCUT2D eigenvalue weighted by molar-refractivity contribution is 9.10. The van der Waals surface area contributed by atoms with Crippen LogP contribution in [0.25, 0.3) is 0 Å². The zero-order chi connectivity index (χ0) is 14.7. The van der Waals surface area contributed by atoms with E-state index in [1.807, 2.05) is 19.9 Å². The molecule has 1 heterocycles. The van der Waals surface area contributed by atoms with Gasteiger partial charge in [0.2, 0.25) is 0 Å². The molecule has 108 valence electrons. The number of nitrogens with one attached hydrogen (secondary N) is 1. The van der Waals surface area contributed by atoms with E-state index in [-0.39, 0.29) is 5.75 Å². The van der Waals surface area contributed by atoms with E-state index < -0.39 is 0 Å². The molecule has 5 nitrogen and oxygen atoms in total. The maximum atomic E-state index is 9.76. The van der Waals surface area contributed by atoms with Crippen molar-refractivity contribution in [2.45, 2.75) is 26.9 Å². The van der Waals surface area contributed by atoms with Crippen LogP contribution in [0, 0.1) is 13.8 Å². The predicted molar refractivity (Wildman–Crippen MR) is 78.9 cm³/mol. The molecule has 1 aromatic carbocycles. The molecule has 0 saturated heterocycles. The van der Waals surface area contributed by atoms with Crippen molar-refractivity contribution in [1.29, 1.82) is 0 Å². The number of ether oxygens (including phenoxy) is 1. The zero-order valence-electron chi connectivity index (χ0n) is 11.7. The summed E-state index contributed by atoms with van der Waals surface area (Å²) in [4.78, 5) is 0. The number of benzene rings is 1. The van der Waals surface area contributed by atoms with Crippen LogP contribution < -0.4 is 10.1 Å². The van der Waals surface area contributed by atoms with Crippen molar-refractivity contribution < 1.29 is 14.4 Å². The summed E-state index contributed by atoms with van der Waals surface area (Å²) in [5, 5.41) is 17.0. The number of aryl methyl sites for hydroxylation is 2. The Hall–Kier alpha value is -1.53. The highest BCUT2D eigenvalue weighted by atomic mass is 79.9. The molecule has 0 amide bonds. The molecular weight excluding hydrogens is 324 g/mol. The first-order valence-corrected chi connectivity index (χ1v) is 7.00. The van der Waals surface area contributed by atoms with Gasteiger partial charge < -0.3 is 19.7 Å². The Labute approximate surface area is 126 Å². The molecule has 0 aliphatic carbocycles. The molecule has 20 heavy (non-hydrogen) atoms. The van der Waals surface area contributed by atoms with Crippen molar-refractivity contribution in [1.82, 2.24) is 10.5 Å². The molecule has 0 aliphatic rings. The molecule has 0 saturated carbocycles. The van der Waals surface area contributed by atoms with Crippen LogP contribution in [0.1, 0.15) is 22.6 Å². The smallest absolute Gasteiger partial charge is 0.172 e. The van der Waals surface area contributed by atoms with E-state index in [1.165, 1.54) is 7.11 Å². The summed E-state index contributed by atoms with van der Waals surface area (Å²) < 4.78 is 10.9. The van der Waals surface area contributed by atoms with Crippen LogP contribution in [0.5, 0.6) is 11.5 Å². The van der Waals surface area contributed by atoms with Crippen molar-refractivity contribution in [2.75, 3.05) is 7.11 Å². The molecule has 0 fully saturated rings. The number of aromatic nitrogens is 1. The number of hydrogen-bond donors (Lipinski definition) is 2. The molecule has 0 atom stereocenters. The second-order valence-corrected chi connectivity index (χ2v) is 5.39. The third kappa shape index (κ3) is 3.13. The van der Waals surface area contributed by atoms with Gasteiger partial charge in [-0.3, -0.25) is 0 Å². The average molecular weight is 341 g/mol. The minimum atomic E-state index is 0.113. The molecule has 0 bridgehead atoms. The second-order valence-electron chi connectivity index (χ2n) is 4.53. The van der Waals surface area contributed by atoms with E-state index in [0.717, 1.165) is 22.6 Å². The standard InChI is InChI=1S/C14H17BrN2O3/c1-8-11(9(2)20-17-8)7-16-6-10-4-12(15)14(18)13(5-10)19-3/h4-5,16,18H,6-7H2,1-3H3. The molecule has 2 N–H and O–H groups in total. The lowest BCUT2D eigenvalue weighted by Crippen LogP contribution is -2.13. The minimum Gasteiger partial charge on any atom is -0.503 e. The van der Waals surface area contributed by atoms with Gasteiger partial charge in [0.25, 0.3) is 0 Å². The van der Waals surface area contributed by atoms with E-state index in [9.17, 15) is 5.11 Å². The van der Waals surface area contributed by atoms with Crippen molar-refractivity contribution in [3.8, 4) is 11.5 Å². The summed E-state index contributed by atoms with van der Waals surface area (Å²) in [5.41, 5.74) is 2.99. The first-order chi connectivity index (χ1) is 9.52. The molecule has 6 heteroatoms. The lowest BCUT2D eigenvalue weighted by molar-refractivity contribution is 0.371. The first kappa shape index (κ1) is 14.9. The Morgan fingerprint density at radius 1 is 1.35 bits per heavy atom. The number of rotatable bonds is 5. The molecule has 0 spiro atoms. The van der Waals surface area contributed by atoms with Gasteiger partial charge in [-0.15, -0.1) is 0 Å². The topological polar surface area (TPSA) is 67.5 Å². The van der Waals surface area contributed by atoms with E-state index in [4.69, 9.17) is 9.26 Å². The lowest BCUT2D eigenvalue weighted by Gasteiger charge is -2.10. The number of methoxy groups -OCH3 is 1. The SMILES string of the molecule is COc1cc(CNCc2c(C)noc2C)cc(Br)c1O. The van der Waals surface area contributed by atoms with Crippen LogP contribution in [0.2, 0.25) is 0 Å². The summed E-state index contributed by atoms with van der Waals surface area (Å²) in [6, 6.07) is 3.67. The van der Waals surface area contributed by atoms with E-state index in [0.29, 0.717) is 23.3 Å². The van der Waals surface area contributed by atoms with Crippen LogP contribution in [0.15, 0.2) is 21.1 Å². The Morgan fingerprint density at radius 2 is 2.10 bits per heavy atom. The molecule has 0 unspecified atom stereocenters. The van der Waals surface area contributed by atoms with Gasteiger partial charge in [0.1, 0.15) is 5.76 Å². The zero-order valence-corrected chi connectivity index (χ0v) is 13.2. The van der Waals surface area contributed by atoms with Crippen LogP contribution in [-0.2, 0) is 13.1 Å². The summed E-state index contributed by atoms with van der Waals surface area (Å²) in [7, 11) is 1.53. The monoisotopic (exact) mass is 340 g/mol. The lowest BCUT2D eigenvalue weighted by atomic mass is 10.1. The van der Waals surface area contributed by atoms with Gasteiger partial charge in [-0.2, -0.15) is 0 Å². The first-order valence-electron chi connectivity index (χ1n) is 6.20. The molecule has 1 aromatic heterocycles. The number of hydrogen-bond acceptors (Lipinski definition) is 5. The van der Waals surface area contributed by atoms with Crippen molar-refractivity contribution in [3.63, 3.8) is 0 Å². The van der Waals surface area contributed by atoms with E-state index >= 15 is 0 Å². The van der Waals surface area contributed by atoms with Gasteiger partial charge in [-0.05, 0) is 47.5 Å². The molecular formula is C14H17BrN2O3.